The Bertz CT molecular complexity index is 599. The van der Waals surface area contributed by atoms with Gasteiger partial charge in [0.2, 0.25) is 5.89 Å². The van der Waals surface area contributed by atoms with Gasteiger partial charge in [-0.25, -0.2) is 0 Å². The molecule has 2 N–H and O–H groups in total. The Morgan fingerprint density at radius 3 is 3.17 bits per heavy atom. The van der Waals surface area contributed by atoms with E-state index >= 15 is 0 Å². The minimum Gasteiger partial charge on any atom is -0.390 e. The Morgan fingerprint density at radius 1 is 1.50 bits per heavy atom. The van der Waals surface area contributed by atoms with Crippen LogP contribution in [0.1, 0.15) is 31.5 Å². The average molecular weight is 334 g/mol. The highest BCUT2D eigenvalue weighted by molar-refractivity contribution is 4.88. The highest BCUT2D eigenvalue weighted by Gasteiger charge is 2.21. The Hall–Kier alpha value is -1.77. The van der Waals surface area contributed by atoms with Crippen molar-refractivity contribution in [1.82, 2.24) is 30.1 Å². The monoisotopic (exact) mass is 334 g/mol. The Kier molecular flexibility index (Phi) is 5.95. The third-order valence-corrected chi connectivity index (χ3v) is 4.28. The van der Waals surface area contributed by atoms with Gasteiger partial charge < -0.3 is 14.9 Å². The van der Waals surface area contributed by atoms with Crippen LogP contribution >= 0.6 is 0 Å². The second-order valence-corrected chi connectivity index (χ2v) is 6.32. The molecule has 8 nitrogen and oxygen atoms in total. The number of nitrogens with zero attached hydrogens (tertiary/aromatic N) is 5. The van der Waals surface area contributed by atoms with Gasteiger partial charge in [0.25, 0.3) is 0 Å². The Morgan fingerprint density at radius 2 is 2.42 bits per heavy atom. The molecule has 0 saturated carbocycles. The number of aliphatic hydroxyl groups excluding tert-OH is 1. The summed E-state index contributed by atoms with van der Waals surface area (Å²) in [5, 5.41) is 21.7. The maximum atomic E-state index is 10.1. The number of nitrogens with one attached hydrogen (secondary N) is 1. The standard InChI is InChI=1S/C16H26N6O2/c1-2-16-19-15(20-24-16)12-21-7-3-5-13(10-21)17-9-14(23)11-22-8-4-6-18-22/h4,6,8,13-14,17,23H,2-3,5,7,9-12H2,1H3. The lowest BCUT2D eigenvalue weighted by atomic mass is 10.1. The van der Waals surface area contributed by atoms with Crippen LogP contribution < -0.4 is 5.32 Å². The summed E-state index contributed by atoms with van der Waals surface area (Å²) in [6.07, 6.45) is 6.17. The van der Waals surface area contributed by atoms with E-state index < -0.39 is 6.10 Å². The van der Waals surface area contributed by atoms with Crippen LogP contribution in [0.4, 0.5) is 0 Å². The van der Waals surface area contributed by atoms with Crippen LogP contribution in [-0.4, -0.2) is 61.7 Å². The van der Waals surface area contributed by atoms with Gasteiger partial charge in [0.1, 0.15) is 0 Å². The van der Waals surface area contributed by atoms with Gasteiger partial charge in [0.15, 0.2) is 5.82 Å². The quantitative estimate of drug-likeness (QED) is 0.724. The highest BCUT2D eigenvalue weighted by atomic mass is 16.5. The zero-order chi connectivity index (χ0) is 16.8. The van der Waals surface area contributed by atoms with Gasteiger partial charge in [-0.15, -0.1) is 0 Å². The van der Waals surface area contributed by atoms with E-state index in [-0.39, 0.29) is 0 Å². The van der Waals surface area contributed by atoms with Crippen molar-refractivity contribution in [1.29, 1.82) is 0 Å². The molecule has 132 valence electrons. The molecule has 0 bridgehead atoms. The minimum absolute atomic E-state index is 0.378. The van der Waals surface area contributed by atoms with Gasteiger partial charge in [-0.3, -0.25) is 9.58 Å². The largest absolute Gasteiger partial charge is 0.390 e. The summed E-state index contributed by atoms with van der Waals surface area (Å²) in [6.45, 7) is 5.79. The molecule has 2 aromatic rings. The summed E-state index contributed by atoms with van der Waals surface area (Å²) in [5.41, 5.74) is 0. The number of likely N-dealkylation sites (tertiary alicyclic amines) is 1. The van der Waals surface area contributed by atoms with Crippen LogP contribution in [0.3, 0.4) is 0 Å². The summed E-state index contributed by atoms with van der Waals surface area (Å²) in [7, 11) is 0. The molecule has 0 aromatic carbocycles. The molecular weight excluding hydrogens is 308 g/mol. The van der Waals surface area contributed by atoms with E-state index in [1.165, 1.54) is 0 Å². The lowest BCUT2D eigenvalue weighted by molar-refractivity contribution is 0.126. The lowest BCUT2D eigenvalue weighted by Gasteiger charge is -2.32. The van der Waals surface area contributed by atoms with E-state index in [1.807, 2.05) is 19.2 Å². The van der Waals surface area contributed by atoms with Crippen LogP contribution in [-0.2, 0) is 19.5 Å². The smallest absolute Gasteiger partial charge is 0.226 e. The van der Waals surface area contributed by atoms with Gasteiger partial charge >= 0.3 is 0 Å². The van der Waals surface area contributed by atoms with Gasteiger partial charge in [-0.1, -0.05) is 12.1 Å². The summed E-state index contributed by atoms with van der Waals surface area (Å²) in [5.74, 6) is 1.45. The molecule has 1 aliphatic rings. The van der Waals surface area contributed by atoms with Crippen molar-refractivity contribution >= 4 is 0 Å². The van der Waals surface area contributed by atoms with Crippen molar-refractivity contribution in [3.05, 3.63) is 30.2 Å². The van der Waals surface area contributed by atoms with Crippen LogP contribution in [0.15, 0.2) is 23.0 Å². The molecule has 24 heavy (non-hydrogen) atoms. The molecule has 2 atom stereocenters. The van der Waals surface area contributed by atoms with Crippen molar-refractivity contribution in [2.24, 2.45) is 0 Å². The van der Waals surface area contributed by atoms with Crippen LogP contribution in [0.2, 0.25) is 0 Å². The third-order valence-electron chi connectivity index (χ3n) is 4.28. The summed E-state index contributed by atoms with van der Waals surface area (Å²) in [4.78, 5) is 6.71. The van der Waals surface area contributed by atoms with Crippen molar-refractivity contribution in [2.75, 3.05) is 19.6 Å². The first-order valence-electron chi connectivity index (χ1n) is 8.65. The van der Waals surface area contributed by atoms with Crippen LogP contribution in [0, 0.1) is 0 Å². The summed E-state index contributed by atoms with van der Waals surface area (Å²) < 4.78 is 6.92. The second-order valence-electron chi connectivity index (χ2n) is 6.32. The van der Waals surface area contributed by atoms with Crippen molar-refractivity contribution in [3.63, 3.8) is 0 Å². The fourth-order valence-electron chi connectivity index (χ4n) is 3.06. The van der Waals surface area contributed by atoms with E-state index in [0.29, 0.717) is 25.0 Å². The maximum Gasteiger partial charge on any atom is 0.226 e. The molecule has 0 aliphatic carbocycles. The zero-order valence-corrected chi connectivity index (χ0v) is 14.1. The fraction of sp³-hybridized carbons (Fsp3) is 0.688. The molecule has 1 aliphatic heterocycles. The predicted molar refractivity (Wildman–Crippen MR) is 88.2 cm³/mol. The van der Waals surface area contributed by atoms with Crippen molar-refractivity contribution in [2.45, 2.75) is 51.4 Å². The molecule has 1 fully saturated rings. The van der Waals surface area contributed by atoms with E-state index in [4.69, 9.17) is 4.52 Å². The molecule has 0 amide bonds. The topological polar surface area (TPSA) is 92.2 Å². The summed E-state index contributed by atoms with van der Waals surface area (Å²) in [6, 6.07) is 2.24. The zero-order valence-electron chi connectivity index (χ0n) is 14.1. The normalized spacial score (nSPS) is 20.3. The Balaban J connectivity index is 1.41. The van der Waals surface area contributed by atoms with Crippen molar-refractivity contribution in [3.8, 4) is 0 Å². The van der Waals surface area contributed by atoms with Gasteiger partial charge in [0, 0.05) is 37.9 Å². The average Bonchev–Trinajstić information content (AvgIpc) is 3.25. The number of piperidine rings is 1. The highest BCUT2D eigenvalue weighted by Crippen LogP contribution is 2.13. The first-order valence-corrected chi connectivity index (χ1v) is 8.65. The van der Waals surface area contributed by atoms with E-state index in [1.54, 1.807) is 10.9 Å². The summed E-state index contributed by atoms with van der Waals surface area (Å²) >= 11 is 0. The molecule has 3 rings (SSSR count). The first-order chi connectivity index (χ1) is 11.7. The fourth-order valence-corrected chi connectivity index (χ4v) is 3.06. The molecule has 3 heterocycles. The van der Waals surface area contributed by atoms with Gasteiger partial charge in [-0.2, -0.15) is 10.1 Å². The molecule has 2 unspecified atom stereocenters. The minimum atomic E-state index is -0.440. The second kappa shape index (κ2) is 8.36. The van der Waals surface area contributed by atoms with Crippen molar-refractivity contribution < 1.29 is 9.63 Å². The van der Waals surface area contributed by atoms with Crippen LogP contribution in [0.25, 0.3) is 0 Å². The molecule has 2 aromatic heterocycles. The predicted octanol–water partition coefficient (Wildman–Crippen LogP) is 0.444. The van der Waals surface area contributed by atoms with Crippen LogP contribution in [0.5, 0.6) is 0 Å². The first kappa shape index (κ1) is 17.1. The van der Waals surface area contributed by atoms with E-state index in [2.05, 4.69) is 25.5 Å². The van der Waals surface area contributed by atoms with E-state index in [0.717, 1.165) is 44.7 Å². The number of aryl methyl sites for hydroxylation is 1. The lowest BCUT2D eigenvalue weighted by Crippen LogP contribution is -2.47. The van der Waals surface area contributed by atoms with E-state index in [9.17, 15) is 5.11 Å². The number of aliphatic hydroxyl groups is 1. The number of hydrogen-bond donors (Lipinski definition) is 2. The van der Waals surface area contributed by atoms with Gasteiger partial charge in [-0.05, 0) is 25.5 Å². The molecular formula is C16H26N6O2. The SMILES string of the molecule is CCc1nc(CN2CCCC(NCC(O)Cn3cccn3)C2)no1. The number of rotatable bonds is 8. The number of hydrogen-bond acceptors (Lipinski definition) is 7. The Labute approximate surface area is 141 Å². The molecule has 1 saturated heterocycles. The molecule has 0 radical (unpaired) electrons. The van der Waals surface area contributed by atoms with Gasteiger partial charge in [0.05, 0.1) is 19.2 Å². The maximum absolute atomic E-state index is 10.1. The molecule has 8 heteroatoms. The third kappa shape index (κ3) is 4.86. The number of aromatic nitrogens is 4. The molecule has 0 spiro atoms.